The number of aryl methyl sites for hydroxylation is 1. The van der Waals surface area contributed by atoms with E-state index in [0.29, 0.717) is 46.2 Å². The summed E-state index contributed by atoms with van der Waals surface area (Å²) in [5, 5.41) is 2.65. The maximum atomic E-state index is 13.1. The van der Waals surface area contributed by atoms with Gasteiger partial charge in [0, 0.05) is 11.4 Å². The molecule has 0 unspecified atom stereocenters. The molecule has 4 rings (SSSR count). The van der Waals surface area contributed by atoms with Crippen molar-refractivity contribution in [2.24, 2.45) is 0 Å². The summed E-state index contributed by atoms with van der Waals surface area (Å²) in [7, 11) is 1.49. The lowest BCUT2D eigenvalue weighted by Crippen LogP contribution is -2.54. The summed E-state index contributed by atoms with van der Waals surface area (Å²) in [6.07, 6.45) is 2.03. The summed E-state index contributed by atoms with van der Waals surface area (Å²) in [4.78, 5) is 38.9. The fourth-order valence-electron chi connectivity index (χ4n) is 3.67. The number of ether oxygens (including phenoxy) is 3. The number of benzene rings is 3. The van der Waals surface area contributed by atoms with Crippen LogP contribution in [0.1, 0.15) is 17.5 Å². The molecule has 0 atom stereocenters. The normalized spacial score (nSPS) is 14.5. The predicted molar refractivity (Wildman–Crippen MR) is 148 cm³/mol. The highest BCUT2D eigenvalue weighted by Gasteiger charge is 2.36. The van der Waals surface area contributed by atoms with Gasteiger partial charge in [0.15, 0.2) is 11.5 Å². The summed E-state index contributed by atoms with van der Waals surface area (Å²) in [5.41, 5.74) is 1.73. The number of nitrogens with one attached hydrogen (secondary N) is 1. The van der Waals surface area contributed by atoms with Crippen molar-refractivity contribution in [3.8, 4) is 17.2 Å². The molecule has 8 nitrogen and oxygen atoms in total. The molecule has 1 aliphatic rings. The van der Waals surface area contributed by atoms with Gasteiger partial charge < -0.3 is 14.2 Å². The third-order valence-electron chi connectivity index (χ3n) is 5.57. The van der Waals surface area contributed by atoms with Crippen molar-refractivity contribution in [1.29, 1.82) is 0 Å². The molecule has 0 spiro atoms. The fraction of sp³-hybridized carbons (Fsp3) is 0.179. The number of anilines is 1. The van der Waals surface area contributed by atoms with Crippen molar-refractivity contribution in [1.82, 2.24) is 5.32 Å². The predicted octanol–water partition coefficient (Wildman–Crippen LogP) is 5.93. The molecule has 0 aliphatic carbocycles. The first-order valence-corrected chi connectivity index (χ1v) is 12.8. The van der Waals surface area contributed by atoms with E-state index < -0.39 is 17.8 Å². The van der Waals surface area contributed by atoms with E-state index in [2.05, 4.69) is 21.2 Å². The van der Waals surface area contributed by atoms with Gasteiger partial charge in [0.2, 0.25) is 0 Å². The van der Waals surface area contributed by atoms with Gasteiger partial charge in [-0.25, -0.2) is 9.69 Å². The average Bonchev–Trinajstić information content (AvgIpc) is 2.89. The Morgan fingerprint density at radius 1 is 0.974 bits per heavy atom. The number of halogens is 2. The topological polar surface area (TPSA) is 94.2 Å². The molecule has 1 heterocycles. The highest BCUT2D eigenvalue weighted by Crippen LogP contribution is 2.37. The van der Waals surface area contributed by atoms with Crippen LogP contribution in [0, 0.1) is 6.92 Å². The monoisotopic (exact) mass is 598 g/mol. The van der Waals surface area contributed by atoms with E-state index in [0.717, 1.165) is 16.2 Å². The van der Waals surface area contributed by atoms with E-state index in [4.69, 9.17) is 25.8 Å². The first-order chi connectivity index (χ1) is 18.3. The quantitative estimate of drug-likeness (QED) is 0.186. The molecule has 196 valence electrons. The lowest BCUT2D eigenvalue weighted by atomic mass is 10.1. The molecule has 38 heavy (non-hydrogen) atoms. The van der Waals surface area contributed by atoms with E-state index in [9.17, 15) is 14.4 Å². The van der Waals surface area contributed by atoms with Crippen LogP contribution in [0.3, 0.4) is 0 Å². The second kappa shape index (κ2) is 12.1. The van der Waals surface area contributed by atoms with E-state index in [1.165, 1.54) is 25.3 Å². The number of hydrogen-bond acceptors (Lipinski definition) is 6. The van der Waals surface area contributed by atoms with Crippen LogP contribution in [-0.2, 0) is 9.59 Å². The molecule has 10 heteroatoms. The summed E-state index contributed by atoms with van der Waals surface area (Å²) >= 11 is 9.40. The largest absolute Gasteiger partial charge is 0.493 e. The fourth-order valence-corrected chi connectivity index (χ4v) is 4.37. The Morgan fingerprint density at radius 3 is 2.34 bits per heavy atom. The van der Waals surface area contributed by atoms with Gasteiger partial charge in [0.05, 0.1) is 30.5 Å². The minimum Gasteiger partial charge on any atom is -0.493 e. The van der Waals surface area contributed by atoms with Crippen molar-refractivity contribution in [2.45, 2.75) is 13.3 Å². The molecular formula is C28H24BrClN2O6. The van der Waals surface area contributed by atoms with E-state index in [1.807, 2.05) is 31.2 Å². The Kier molecular flexibility index (Phi) is 8.70. The summed E-state index contributed by atoms with van der Waals surface area (Å²) in [6, 6.07) is 16.4. The molecule has 0 bridgehead atoms. The van der Waals surface area contributed by atoms with Gasteiger partial charge in [-0.15, -0.1) is 0 Å². The van der Waals surface area contributed by atoms with Gasteiger partial charge in [-0.05, 0) is 83.0 Å². The molecule has 0 saturated carbocycles. The first kappa shape index (κ1) is 27.2. The van der Waals surface area contributed by atoms with Crippen LogP contribution < -0.4 is 24.4 Å². The number of methoxy groups -OCH3 is 1. The Morgan fingerprint density at radius 2 is 1.66 bits per heavy atom. The van der Waals surface area contributed by atoms with Gasteiger partial charge in [-0.1, -0.05) is 29.3 Å². The van der Waals surface area contributed by atoms with Gasteiger partial charge in [0.25, 0.3) is 11.8 Å². The Labute approximate surface area is 233 Å². The number of carbonyl (C=O) groups is 3. The minimum atomic E-state index is -0.840. The average molecular weight is 600 g/mol. The summed E-state index contributed by atoms with van der Waals surface area (Å²) in [5.74, 6) is 0.117. The molecule has 3 aromatic carbocycles. The molecule has 1 aliphatic heterocycles. The second-order valence-corrected chi connectivity index (χ2v) is 9.62. The van der Waals surface area contributed by atoms with Crippen molar-refractivity contribution < 1.29 is 28.6 Å². The second-order valence-electron chi connectivity index (χ2n) is 8.33. The van der Waals surface area contributed by atoms with Crippen LogP contribution in [0.4, 0.5) is 10.5 Å². The zero-order chi connectivity index (χ0) is 27.2. The number of barbiturate groups is 1. The molecule has 1 fully saturated rings. The lowest BCUT2D eigenvalue weighted by molar-refractivity contribution is -0.122. The van der Waals surface area contributed by atoms with Gasteiger partial charge >= 0.3 is 6.03 Å². The zero-order valence-corrected chi connectivity index (χ0v) is 23.0. The number of rotatable bonds is 9. The number of hydrogen-bond donors (Lipinski definition) is 1. The van der Waals surface area contributed by atoms with Gasteiger partial charge in [0.1, 0.15) is 11.3 Å². The van der Waals surface area contributed by atoms with Gasteiger partial charge in [-0.3, -0.25) is 14.9 Å². The van der Waals surface area contributed by atoms with Crippen LogP contribution in [0.25, 0.3) is 6.08 Å². The Bertz CT molecular complexity index is 1390. The minimum absolute atomic E-state index is 0.213. The Balaban J connectivity index is 1.47. The van der Waals surface area contributed by atoms with Gasteiger partial charge in [-0.2, -0.15) is 0 Å². The zero-order valence-electron chi connectivity index (χ0n) is 20.6. The lowest BCUT2D eigenvalue weighted by Gasteiger charge is -2.26. The number of nitrogens with zero attached hydrogens (tertiary/aromatic N) is 1. The third-order valence-corrected chi connectivity index (χ3v) is 6.42. The molecule has 0 radical (unpaired) electrons. The maximum Gasteiger partial charge on any atom is 0.335 e. The number of urea groups is 1. The number of imide groups is 2. The molecule has 1 N–H and O–H groups in total. The first-order valence-electron chi connectivity index (χ1n) is 11.6. The van der Waals surface area contributed by atoms with Crippen LogP contribution in [0.5, 0.6) is 17.2 Å². The number of carbonyl (C=O) groups excluding carboxylic acids is 3. The van der Waals surface area contributed by atoms with E-state index in [-0.39, 0.29) is 11.3 Å². The van der Waals surface area contributed by atoms with Crippen LogP contribution >= 0.6 is 27.5 Å². The molecule has 3 aromatic rings. The Hall–Kier alpha value is -3.82. The SMILES string of the molecule is COc1cc(C=C2C(=O)NC(=O)N(c3ccc(Cl)cc3)C2=O)cc(Br)c1OCCCOc1ccc(C)cc1. The maximum absolute atomic E-state index is 13.1. The standard InChI is InChI=1S/C28H24BrClN2O6/c1-17-4-10-21(11-5-17)37-12-3-13-38-25-23(29)15-18(16-24(25)36-2)14-22-26(33)31-28(35)32(27(22)34)20-8-6-19(30)7-9-20/h4-11,14-16H,3,12-13H2,1-2H3,(H,31,33,35). The van der Waals surface area contributed by atoms with Crippen LogP contribution in [0.2, 0.25) is 5.02 Å². The smallest absolute Gasteiger partial charge is 0.335 e. The molecule has 4 amide bonds. The van der Waals surface area contributed by atoms with E-state index in [1.54, 1.807) is 24.3 Å². The van der Waals surface area contributed by atoms with Crippen LogP contribution in [0.15, 0.2) is 70.7 Å². The molecule has 0 aromatic heterocycles. The molecule has 1 saturated heterocycles. The van der Waals surface area contributed by atoms with E-state index >= 15 is 0 Å². The van der Waals surface area contributed by atoms with Crippen molar-refractivity contribution >= 4 is 57.1 Å². The highest BCUT2D eigenvalue weighted by atomic mass is 79.9. The summed E-state index contributed by atoms with van der Waals surface area (Å²) < 4.78 is 17.7. The van der Waals surface area contributed by atoms with Crippen molar-refractivity contribution in [3.05, 3.63) is 86.9 Å². The van der Waals surface area contributed by atoms with Crippen molar-refractivity contribution in [2.75, 3.05) is 25.2 Å². The summed E-state index contributed by atoms with van der Waals surface area (Å²) in [6.45, 7) is 2.87. The highest BCUT2D eigenvalue weighted by molar-refractivity contribution is 9.10. The van der Waals surface area contributed by atoms with Crippen molar-refractivity contribution in [3.63, 3.8) is 0 Å². The third kappa shape index (κ3) is 6.35. The van der Waals surface area contributed by atoms with Crippen LogP contribution in [-0.4, -0.2) is 38.2 Å². The number of amides is 4. The molecular weight excluding hydrogens is 576 g/mol.